The lowest BCUT2D eigenvalue weighted by Gasteiger charge is -2.14. The molecule has 134 valence electrons. The number of nitrogens with zero attached hydrogens (tertiary/aromatic N) is 2. The molecular formula is C17H21N3O4S. The van der Waals surface area contributed by atoms with E-state index in [0.29, 0.717) is 13.1 Å². The van der Waals surface area contributed by atoms with Gasteiger partial charge in [-0.1, -0.05) is 0 Å². The minimum atomic E-state index is -3.61. The SMILES string of the molecule is Cc1oc(C(=O)N[C@@H](C)c2ccncc2)cc1S(=O)(=O)N1CCCC1. The normalized spacial score (nSPS) is 16.7. The maximum atomic E-state index is 12.7. The lowest BCUT2D eigenvalue weighted by Crippen LogP contribution is -2.28. The zero-order valence-corrected chi connectivity index (χ0v) is 15.0. The summed E-state index contributed by atoms with van der Waals surface area (Å²) in [5, 5.41) is 2.81. The van der Waals surface area contributed by atoms with E-state index in [1.54, 1.807) is 19.3 Å². The minimum absolute atomic E-state index is 0.00354. The average molecular weight is 363 g/mol. The van der Waals surface area contributed by atoms with Crippen molar-refractivity contribution in [1.29, 1.82) is 0 Å². The van der Waals surface area contributed by atoms with E-state index in [1.165, 1.54) is 10.4 Å². The first kappa shape index (κ1) is 17.6. The predicted octanol–water partition coefficient (Wildman–Crippen LogP) is 2.26. The number of aromatic nitrogens is 1. The van der Waals surface area contributed by atoms with Crippen LogP contribution >= 0.6 is 0 Å². The lowest BCUT2D eigenvalue weighted by atomic mass is 10.1. The number of furan rings is 1. The number of amides is 1. The second kappa shape index (κ2) is 6.97. The van der Waals surface area contributed by atoms with Crippen molar-refractivity contribution in [3.63, 3.8) is 0 Å². The first-order chi connectivity index (χ1) is 11.9. The topological polar surface area (TPSA) is 92.5 Å². The fourth-order valence-corrected chi connectivity index (χ4v) is 4.58. The van der Waals surface area contributed by atoms with Gasteiger partial charge in [0.05, 0.1) is 6.04 Å². The number of nitrogens with one attached hydrogen (secondary N) is 1. The van der Waals surface area contributed by atoms with Crippen LogP contribution < -0.4 is 5.32 Å². The molecule has 25 heavy (non-hydrogen) atoms. The Bertz CT molecular complexity index is 855. The molecule has 3 heterocycles. The van der Waals surface area contributed by atoms with E-state index in [4.69, 9.17) is 4.42 Å². The zero-order valence-electron chi connectivity index (χ0n) is 14.2. The predicted molar refractivity (Wildman–Crippen MR) is 91.6 cm³/mol. The van der Waals surface area contributed by atoms with E-state index in [2.05, 4.69) is 10.3 Å². The van der Waals surface area contributed by atoms with Crippen molar-refractivity contribution < 1.29 is 17.6 Å². The van der Waals surface area contributed by atoms with Crippen LogP contribution in [0.2, 0.25) is 0 Å². The van der Waals surface area contributed by atoms with Crippen molar-refractivity contribution in [2.75, 3.05) is 13.1 Å². The summed E-state index contributed by atoms with van der Waals surface area (Å²) in [4.78, 5) is 16.4. The van der Waals surface area contributed by atoms with E-state index in [1.807, 2.05) is 19.1 Å². The molecule has 1 aliphatic heterocycles. The first-order valence-electron chi connectivity index (χ1n) is 8.21. The van der Waals surface area contributed by atoms with Crippen molar-refractivity contribution in [2.45, 2.75) is 37.6 Å². The Labute approximate surface area is 147 Å². The van der Waals surface area contributed by atoms with Crippen LogP contribution in [0, 0.1) is 6.92 Å². The third-order valence-electron chi connectivity index (χ3n) is 4.33. The Morgan fingerprint density at radius 1 is 1.28 bits per heavy atom. The number of hydrogen-bond donors (Lipinski definition) is 1. The van der Waals surface area contributed by atoms with Crippen LogP contribution in [0.1, 0.15) is 47.7 Å². The molecule has 7 nitrogen and oxygen atoms in total. The van der Waals surface area contributed by atoms with Gasteiger partial charge in [0, 0.05) is 31.5 Å². The van der Waals surface area contributed by atoms with Gasteiger partial charge in [0.2, 0.25) is 10.0 Å². The summed E-state index contributed by atoms with van der Waals surface area (Å²) >= 11 is 0. The van der Waals surface area contributed by atoms with Crippen LogP contribution in [0.5, 0.6) is 0 Å². The maximum absolute atomic E-state index is 12.7. The van der Waals surface area contributed by atoms with Crippen molar-refractivity contribution >= 4 is 15.9 Å². The highest BCUT2D eigenvalue weighted by Gasteiger charge is 2.31. The van der Waals surface area contributed by atoms with Gasteiger partial charge in [-0.3, -0.25) is 9.78 Å². The lowest BCUT2D eigenvalue weighted by molar-refractivity contribution is 0.0910. The van der Waals surface area contributed by atoms with Crippen LogP contribution in [0.25, 0.3) is 0 Å². The molecule has 0 unspecified atom stereocenters. The molecule has 2 aromatic heterocycles. The molecule has 3 rings (SSSR count). The van der Waals surface area contributed by atoms with Gasteiger partial charge >= 0.3 is 0 Å². The quantitative estimate of drug-likeness (QED) is 0.880. The third kappa shape index (κ3) is 3.59. The summed E-state index contributed by atoms with van der Waals surface area (Å²) in [5.74, 6) is -0.222. The molecule has 1 fully saturated rings. The smallest absolute Gasteiger partial charge is 0.287 e. The van der Waals surface area contributed by atoms with Gasteiger partial charge in [0.1, 0.15) is 10.7 Å². The number of pyridine rings is 1. The standard InChI is InChI=1S/C17H21N3O4S/c1-12(14-5-7-18-8-6-14)19-17(21)15-11-16(13(2)24-15)25(22,23)20-9-3-4-10-20/h5-8,11-12H,3-4,9-10H2,1-2H3,(H,19,21)/t12-/m0/s1. The molecule has 1 amide bonds. The molecule has 0 aromatic carbocycles. The van der Waals surface area contributed by atoms with E-state index in [9.17, 15) is 13.2 Å². The molecular weight excluding hydrogens is 342 g/mol. The van der Waals surface area contributed by atoms with Gasteiger partial charge in [-0.15, -0.1) is 0 Å². The van der Waals surface area contributed by atoms with E-state index >= 15 is 0 Å². The maximum Gasteiger partial charge on any atom is 0.287 e. The van der Waals surface area contributed by atoms with Crippen molar-refractivity contribution in [3.05, 3.63) is 47.7 Å². The van der Waals surface area contributed by atoms with Gasteiger partial charge in [0.25, 0.3) is 5.91 Å². The first-order valence-corrected chi connectivity index (χ1v) is 9.65. The fraction of sp³-hybridized carbons (Fsp3) is 0.412. The Morgan fingerprint density at radius 2 is 1.92 bits per heavy atom. The zero-order chi connectivity index (χ0) is 18.0. The molecule has 1 N–H and O–H groups in total. The highest BCUT2D eigenvalue weighted by Crippen LogP contribution is 2.26. The van der Waals surface area contributed by atoms with Gasteiger partial charge in [-0.2, -0.15) is 4.31 Å². The molecule has 8 heteroatoms. The summed E-state index contributed by atoms with van der Waals surface area (Å²) in [5.41, 5.74) is 0.900. The minimum Gasteiger partial charge on any atom is -0.455 e. The van der Waals surface area contributed by atoms with Crippen LogP contribution in [0.15, 0.2) is 39.9 Å². The summed E-state index contributed by atoms with van der Waals surface area (Å²) in [7, 11) is -3.61. The highest BCUT2D eigenvalue weighted by molar-refractivity contribution is 7.89. The monoisotopic (exact) mass is 363 g/mol. The molecule has 0 bridgehead atoms. The van der Waals surface area contributed by atoms with Gasteiger partial charge in [0.15, 0.2) is 5.76 Å². The van der Waals surface area contributed by atoms with Gasteiger partial charge in [-0.25, -0.2) is 8.42 Å². The highest BCUT2D eigenvalue weighted by atomic mass is 32.2. The van der Waals surface area contributed by atoms with Crippen LogP contribution in [0.3, 0.4) is 0 Å². The molecule has 1 saturated heterocycles. The van der Waals surface area contributed by atoms with Crippen molar-refractivity contribution in [1.82, 2.24) is 14.6 Å². The largest absolute Gasteiger partial charge is 0.455 e. The fourth-order valence-electron chi connectivity index (χ4n) is 2.90. The number of rotatable bonds is 5. The number of carbonyl (C=O) groups excluding carboxylic acids is 1. The number of hydrogen-bond acceptors (Lipinski definition) is 5. The second-order valence-corrected chi connectivity index (χ2v) is 8.02. The van der Waals surface area contributed by atoms with Gasteiger partial charge < -0.3 is 9.73 Å². The Hall–Kier alpha value is -2.19. The van der Waals surface area contributed by atoms with Crippen LogP contribution in [-0.2, 0) is 10.0 Å². The summed E-state index contributed by atoms with van der Waals surface area (Å²) in [6.45, 7) is 4.41. The summed E-state index contributed by atoms with van der Waals surface area (Å²) in [6.07, 6.45) is 5.01. The molecule has 0 aliphatic carbocycles. The van der Waals surface area contributed by atoms with Crippen LogP contribution in [0.4, 0.5) is 0 Å². The molecule has 0 saturated carbocycles. The van der Waals surface area contributed by atoms with Crippen LogP contribution in [-0.4, -0.2) is 36.7 Å². The molecule has 2 aromatic rings. The average Bonchev–Trinajstić information content (AvgIpc) is 3.25. The summed E-state index contributed by atoms with van der Waals surface area (Å²) < 4.78 is 32.2. The van der Waals surface area contributed by atoms with Gasteiger partial charge in [-0.05, 0) is 44.4 Å². The van der Waals surface area contributed by atoms with E-state index in [-0.39, 0.29) is 22.5 Å². The second-order valence-electron chi connectivity index (χ2n) is 6.12. The van der Waals surface area contributed by atoms with Crippen molar-refractivity contribution in [3.8, 4) is 0 Å². The molecule has 1 atom stereocenters. The third-order valence-corrected chi connectivity index (χ3v) is 6.34. The number of carbonyl (C=O) groups is 1. The Kier molecular flexibility index (Phi) is 4.91. The molecule has 1 aliphatic rings. The molecule has 0 spiro atoms. The number of aryl methyl sites for hydroxylation is 1. The Balaban J connectivity index is 1.79. The van der Waals surface area contributed by atoms with E-state index in [0.717, 1.165) is 18.4 Å². The number of sulfonamides is 1. The van der Waals surface area contributed by atoms with Crippen molar-refractivity contribution in [2.24, 2.45) is 0 Å². The summed E-state index contributed by atoms with van der Waals surface area (Å²) in [6, 6.07) is 4.68. The Morgan fingerprint density at radius 3 is 2.56 bits per heavy atom. The molecule has 0 radical (unpaired) electrons. The van der Waals surface area contributed by atoms with E-state index < -0.39 is 15.9 Å².